The summed E-state index contributed by atoms with van der Waals surface area (Å²) in [5, 5.41) is 11.5. The first-order valence-electron chi connectivity index (χ1n) is 7.41. The monoisotopic (exact) mass is 299 g/mol. The minimum atomic E-state index is -0.990. The van der Waals surface area contributed by atoms with Gasteiger partial charge in [0.25, 0.3) is 0 Å². The molecule has 1 atom stereocenters. The number of ether oxygens (including phenoxy) is 1. The van der Waals surface area contributed by atoms with Gasteiger partial charge in [0, 0.05) is 18.6 Å². The first-order valence-corrected chi connectivity index (χ1v) is 7.41. The van der Waals surface area contributed by atoms with Crippen LogP contribution in [0.3, 0.4) is 0 Å². The summed E-state index contributed by atoms with van der Waals surface area (Å²) in [4.78, 5) is 26.4. The van der Waals surface area contributed by atoms with E-state index in [2.05, 4.69) is 24.2 Å². The molecule has 2 fully saturated rings. The maximum atomic E-state index is 12.0. The molecule has 0 aromatic carbocycles. The molecule has 2 amide bonds. The number of likely N-dealkylation sites (N-methyl/N-ethyl adjacent to an activating group) is 1. The van der Waals surface area contributed by atoms with Crippen LogP contribution in [0.15, 0.2) is 0 Å². The Hall–Kier alpha value is -1.34. The molecule has 2 rings (SSSR count). The van der Waals surface area contributed by atoms with E-state index in [4.69, 9.17) is 9.84 Å². The van der Waals surface area contributed by atoms with E-state index in [1.807, 2.05) is 6.92 Å². The molecule has 0 aromatic heterocycles. The molecular weight excluding hydrogens is 274 g/mol. The van der Waals surface area contributed by atoms with Crippen molar-refractivity contribution in [1.29, 1.82) is 0 Å². The summed E-state index contributed by atoms with van der Waals surface area (Å²) in [6.45, 7) is 5.08. The predicted octanol–water partition coefficient (Wildman–Crippen LogP) is 0.354. The smallest absolute Gasteiger partial charge is 0.329 e. The number of aliphatic carboxylic acids is 1. The number of hydrogen-bond acceptors (Lipinski definition) is 4. The number of nitrogens with one attached hydrogen (secondary N) is 1. The van der Waals surface area contributed by atoms with Gasteiger partial charge in [0.1, 0.15) is 12.2 Å². The van der Waals surface area contributed by atoms with Gasteiger partial charge < -0.3 is 20.1 Å². The van der Waals surface area contributed by atoms with Crippen LogP contribution < -0.4 is 5.32 Å². The lowest BCUT2D eigenvalue weighted by Crippen LogP contribution is -2.65. The van der Waals surface area contributed by atoms with Crippen LogP contribution in [-0.2, 0) is 9.53 Å². The number of amides is 2. The topological polar surface area (TPSA) is 82.1 Å². The van der Waals surface area contributed by atoms with E-state index < -0.39 is 11.6 Å². The lowest BCUT2D eigenvalue weighted by Gasteiger charge is -2.47. The molecule has 0 spiro atoms. The zero-order chi connectivity index (χ0) is 15.6. The second-order valence-electron chi connectivity index (χ2n) is 6.42. The average Bonchev–Trinajstić information content (AvgIpc) is 3.22. The zero-order valence-corrected chi connectivity index (χ0v) is 13.0. The van der Waals surface area contributed by atoms with Crippen molar-refractivity contribution in [3.05, 3.63) is 0 Å². The van der Waals surface area contributed by atoms with Crippen molar-refractivity contribution in [2.75, 3.05) is 33.3 Å². The Balaban J connectivity index is 1.65. The van der Waals surface area contributed by atoms with E-state index in [1.54, 1.807) is 4.90 Å². The largest absolute Gasteiger partial charge is 0.480 e. The number of carbonyl (C=O) groups excluding carboxylic acids is 1. The Labute approximate surface area is 125 Å². The molecule has 1 unspecified atom stereocenters. The molecule has 2 aliphatic rings. The van der Waals surface area contributed by atoms with E-state index in [0.29, 0.717) is 31.7 Å². The number of hydrogen-bond donors (Lipinski definition) is 2. The van der Waals surface area contributed by atoms with E-state index in [-0.39, 0.29) is 12.6 Å². The van der Waals surface area contributed by atoms with Crippen molar-refractivity contribution in [3.63, 3.8) is 0 Å². The molecule has 7 nitrogen and oxygen atoms in total. The molecule has 2 N–H and O–H groups in total. The van der Waals surface area contributed by atoms with E-state index in [9.17, 15) is 9.59 Å². The zero-order valence-electron chi connectivity index (χ0n) is 13.0. The van der Waals surface area contributed by atoms with Crippen LogP contribution in [-0.4, -0.2) is 77.9 Å². The summed E-state index contributed by atoms with van der Waals surface area (Å²) in [7, 11) is 2.09. The number of nitrogens with zero attached hydrogens (tertiary/aromatic N) is 2. The number of rotatable bonds is 7. The molecule has 1 saturated heterocycles. The Morgan fingerprint density at radius 2 is 2.10 bits per heavy atom. The fraction of sp³-hybridized carbons (Fsp3) is 0.857. The SMILES string of the molecule is CC(CNC(=O)N1CC(C)(OCC(=O)O)C1)N(C)C1CC1. The summed E-state index contributed by atoms with van der Waals surface area (Å²) in [5.74, 6) is -0.990. The normalized spacial score (nSPS) is 21.8. The quantitative estimate of drug-likeness (QED) is 0.709. The van der Waals surface area contributed by atoms with Crippen LogP contribution in [0.4, 0.5) is 4.79 Å². The van der Waals surface area contributed by atoms with Gasteiger partial charge in [-0.2, -0.15) is 0 Å². The summed E-state index contributed by atoms with van der Waals surface area (Å²) in [6, 6.07) is 0.883. The summed E-state index contributed by atoms with van der Waals surface area (Å²) in [5.41, 5.74) is -0.536. The summed E-state index contributed by atoms with van der Waals surface area (Å²) in [6.07, 6.45) is 2.50. The van der Waals surface area contributed by atoms with Gasteiger partial charge in [-0.1, -0.05) is 0 Å². The lowest BCUT2D eigenvalue weighted by atomic mass is 9.97. The fourth-order valence-electron chi connectivity index (χ4n) is 2.56. The molecule has 120 valence electrons. The second-order valence-corrected chi connectivity index (χ2v) is 6.42. The van der Waals surface area contributed by atoms with E-state index in [0.717, 1.165) is 0 Å². The molecular formula is C14H25N3O4. The van der Waals surface area contributed by atoms with Gasteiger partial charge in [0.05, 0.1) is 13.1 Å². The predicted molar refractivity (Wildman–Crippen MR) is 77.2 cm³/mol. The van der Waals surface area contributed by atoms with Crippen LogP contribution in [0.5, 0.6) is 0 Å². The van der Waals surface area contributed by atoms with Crippen molar-refractivity contribution in [2.45, 2.75) is 44.4 Å². The van der Waals surface area contributed by atoms with Gasteiger partial charge in [0.15, 0.2) is 0 Å². The van der Waals surface area contributed by atoms with E-state index >= 15 is 0 Å². The van der Waals surface area contributed by atoms with Gasteiger partial charge in [-0.05, 0) is 33.7 Å². The standard InChI is InChI=1S/C14H25N3O4/c1-10(16(3)11-4-5-11)6-15-13(20)17-8-14(2,9-17)21-7-12(18)19/h10-11H,4-9H2,1-3H3,(H,15,20)(H,18,19). The maximum absolute atomic E-state index is 12.0. The number of carboxylic acid groups (broad SMARTS) is 1. The molecule has 1 saturated carbocycles. The Morgan fingerprint density at radius 1 is 1.48 bits per heavy atom. The summed E-state index contributed by atoms with van der Waals surface area (Å²) < 4.78 is 5.28. The highest BCUT2D eigenvalue weighted by molar-refractivity contribution is 5.75. The van der Waals surface area contributed by atoms with Gasteiger partial charge in [-0.3, -0.25) is 4.90 Å². The van der Waals surface area contributed by atoms with Crippen LogP contribution in [0.25, 0.3) is 0 Å². The highest BCUT2D eigenvalue weighted by Gasteiger charge is 2.42. The van der Waals surface area contributed by atoms with Crippen molar-refractivity contribution in [1.82, 2.24) is 15.1 Å². The third kappa shape index (κ3) is 4.31. The van der Waals surface area contributed by atoms with Gasteiger partial charge in [-0.25, -0.2) is 9.59 Å². The Morgan fingerprint density at radius 3 is 2.62 bits per heavy atom. The highest BCUT2D eigenvalue weighted by Crippen LogP contribution is 2.27. The minimum absolute atomic E-state index is 0.109. The van der Waals surface area contributed by atoms with Crippen LogP contribution in [0, 0.1) is 0 Å². The molecule has 21 heavy (non-hydrogen) atoms. The third-order valence-electron chi connectivity index (χ3n) is 4.25. The first-order chi connectivity index (χ1) is 9.81. The van der Waals surface area contributed by atoms with Crippen LogP contribution in [0.1, 0.15) is 26.7 Å². The third-order valence-corrected chi connectivity index (χ3v) is 4.25. The second kappa shape index (κ2) is 6.19. The summed E-state index contributed by atoms with van der Waals surface area (Å²) >= 11 is 0. The molecule has 0 aromatic rings. The molecule has 1 aliphatic heterocycles. The van der Waals surface area contributed by atoms with Gasteiger partial charge in [-0.15, -0.1) is 0 Å². The van der Waals surface area contributed by atoms with Crippen molar-refractivity contribution < 1.29 is 19.4 Å². The maximum Gasteiger partial charge on any atom is 0.329 e. The van der Waals surface area contributed by atoms with Crippen molar-refractivity contribution in [2.24, 2.45) is 0 Å². The number of carbonyl (C=O) groups is 2. The molecule has 1 aliphatic carbocycles. The minimum Gasteiger partial charge on any atom is -0.480 e. The molecule has 7 heteroatoms. The van der Waals surface area contributed by atoms with Crippen molar-refractivity contribution in [3.8, 4) is 0 Å². The lowest BCUT2D eigenvalue weighted by molar-refractivity contribution is -0.159. The Kier molecular flexibility index (Phi) is 4.73. The van der Waals surface area contributed by atoms with Gasteiger partial charge in [0.2, 0.25) is 0 Å². The number of likely N-dealkylation sites (tertiary alicyclic amines) is 1. The molecule has 0 radical (unpaired) electrons. The number of carboxylic acids is 1. The molecule has 0 bridgehead atoms. The van der Waals surface area contributed by atoms with Crippen LogP contribution in [0.2, 0.25) is 0 Å². The van der Waals surface area contributed by atoms with Gasteiger partial charge >= 0.3 is 12.0 Å². The average molecular weight is 299 g/mol. The first kappa shape index (κ1) is 16.0. The number of urea groups is 1. The fourth-order valence-corrected chi connectivity index (χ4v) is 2.56. The van der Waals surface area contributed by atoms with E-state index in [1.165, 1.54) is 12.8 Å². The molecule has 1 heterocycles. The Bertz CT molecular complexity index is 405. The highest BCUT2D eigenvalue weighted by atomic mass is 16.5. The van der Waals surface area contributed by atoms with Crippen molar-refractivity contribution >= 4 is 12.0 Å². The van der Waals surface area contributed by atoms with Crippen LogP contribution >= 0.6 is 0 Å².